The lowest BCUT2D eigenvalue weighted by atomic mass is 9.92. The minimum absolute atomic E-state index is 0.00504. The highest BCUT2D eigenvalue weighted by molar-refractivity contribution is 5.80. The smallest absolute Gasteiger partial charge is 0.309 e. The molecule has 1 aliphatic rings. The van der Waals surface area contributed by atoms with Crippen LogP contribution in [0.3, 0.4) is 0 Å². The normalized spacial score (nSPS) is 15.4. The van der Waals surface area contributed by atoms with Crippen LogP contribution in [0.1, 0.15) is 341 Å². The van der Waals surface area contributed by atoms with Gasteiger partial charge in [-0.15, -0.1) is 0 Å². The van der Waals surface area contributed by atoms with Gasteiger partial charge >= 0.3 is 11.9 Å². The summed E-state index contributed by atoms with van der Waals surface area (Å²) in [5.41, 5.74) is -1.12. The molecule has 1 aliphatic heterocycles. The van der Waals surface area contributed by atoms with Crippen LogP contribution in [0.15, 0.2) is 12.2 Å². The number of cyclic esters (lactones) is 2. The molecule has 6 heteroatoms. The molecule has 0 radical (unpaired) electrons. The molecule has 1 saturated heterocycles. The van der Waals surface area contributed by atoms with Crippen LogP contribution >= 0.6 is 0 Å². The van der Waals surface area contributed by atoms with Crippen molar-refractivity contribution in [3.63, 3.8) is 0 Å². The van der Waals surface area contributed by atoms with Crippen LogP contribution in [0, 0.1) is 11.3 Å². The van der Waals surface area contributed by atoms with Gasteiger partial charge in [0, 0.05) is 0 Å². The van der Waals surface area contributed by atoms with E-state index in [-0.39, 0.29) is 19.6 Å². The maximum absolute atomic E-state index is 12.5. The minimum atomic E-state index is -1.12. The topological polar surface area (TPSA) is 93.1 Å². The summed E-state index contributed by atoms with van der Waals surface area (Å²) in [6.45, 7) is 1.21. The van der Waals surface area contributed by atoms with Gasteiger partial charge in [-0.2, -0.15) is 0 Å². The summed E-state index contributed by atoms with van der Waals surface area (Å²) in [6.07, 6.45) is 75.7. The van der Waals surface area contributed by atoms with Crippen LogP contribution in [-0.2, 0) is 19.1 Å². The van der Waals surface area contributed by atoms with Crippen LogP contribution in [0.2, 0.25) is 0 Å². The summed E-state index contributed by atoms with van der Waals surface area (Å²) in [4.78, 5) is 24.7. The van der Waals surface area contributed by atoms with E-state index in [1.807, 2.05) is 0 Å². The number of hydrogen-bond donors (Lipinski definition) is 2. The average molecular weight is 974 g/mol. The summed E-state index contributed by atoms with van der Waals surface area (Å²) in [5, 5.41) is 19.2. The molecule has 1 unspecified atom stereocenters. The summed E-state index contributed by atoms with van der Waals surface area (Å²) in [7, 11) is 0. The van der Waals surface area contributed by atoms with E-state index >= 15 is 0 Å². The van der Waals surface area contributed by atoms with Crippen LogP contribution in [0.4, 0.5) is 0 Å². The first-order valence-corrected chi connectivity index (χ1v) is 31.3. The molecule has 0 aliphatic carbocycles. The lowest BCUT2D eigenvalue weighted by Crippen LogP contribution is -2.40. The fraction of sp³-hybridized carbons (Fsp3) is 0.937. The van der Waals surface area contributed by atoms with E-state index in [1.165, 1.54) is 302 Å². The number of ether oxygens (including phenoxy) is 2. The van der Waals surface area contributed by atoms with Gasteiger partial charge in [-0.3, -0.25) is 9.59 Å². The van der Waals surface area contributed by atoms with Crippen LogP contribution in [0.25, 0.3) is 0 Å². The molecule has 2 N–H and O–H groups in total. The van der Waals surface area contributed by atoms with Gasteiger partial charge in [0.05, 0.1) is 31.0 Å². The Balaban J connectivity index is 1.68. The third-order valence-electron chi connectivity index (χ3n) is 15.5. The van der Waals surface area contributed by atoms with Crippen molar-refractivity contribution in [2.24, 2.45) is 11.3 Å². The SMILES string of the molecule is CCCCCCCCCCCC/C=C/CCCCCCCCCCCCCCCCCCCCCCCCCCCCCCCCCCCCCCCCC1CC(=O)OCC(CO)(CO)COC1=O. The van der Waals surface area contributed by atoms with Crippen molar-refractivity contribution in [1.29, 1.82) is 0 Å². The van der Waals surface area contributed by atoms with E-state index in [9.17, 15) is 19.8 Å². The second-order valence-corrected chi connectivity index (χ2v) is 22.4. The summed E-state index contributed by atoms with van der Waals surface area (Å²) < 4.78 is 10.6. The molecule has 1 atom stereocenters. The molecule has 0 bridgehead atoms. The quantitative estimate of drug-likeness (QED) is 0.0358. The molecule has 6 nitrogen and oxygen atoms in total. The van der Waals surface area contributed by atoms with Crippen LogP contribution < -0.4 is 0 Å². The predicted molar refractivity (Wildman–Crippen MR) is 297 cm³/mol. The van der Waals surface area contributed by atoms with Gasteiger partial charge in [-0.25, -0.2) is 0 Å². The van der Waals surface area contributed by atoms with Gasteiger partial charge in [-0.05, 0) is 32.1 Å². The first-order chi connectivity index (χ1) is 34.1. The Morgan fingerprint density at radius 1 is 0.377 bits per heavy atom. The standard InChI is InChI=1S/C63H120O6/c1-2-3-4-5-6-7-8-9-10-11-12-13-14-15-16-17-18-19-20-21-22-23-24-25-26-27-28-29-30-31-32-33-34-35-36-37-38-39-40-41-42-43-44-45-46-47-48-49-50-51-52-53-54-60-55-61(66)68-58-63(56-64,57-65)59-69-62(60)67/h13-14,60,64-65H,2-12,15-59H2,1H3/b14-13+. The molecule has 0 amide bonds. The van der Waals surface area contributed by atoms with Crippen molar-refractivity contribution in [3.05, 3.63) is 12.2 Å². The van der Waals surface area contributed by atoms with Crippen molar-refractivity contribution in [3.8, 4) is 0 Å². The van der Waals surface area contributed by atoms with E-state index in [1.54, 1.807) is 0 Å². The lowest BCUT2D eigenvalue weighted by Gasteiger charge is -2.27. The lowest BCUT2D eigenvalue weighted by molar-refractivity contribution is -0.155. The number of carbonyl (C=O) groups is 2. The predicted octanol–water partition coefficient (Wildman–Crippen LogP) is 19.5. The molecule has 0 aromatic rings. The number of aliphatic hydroxyl groups is 2. The highest BCUT2D eigenvalue weighted by atomic mass is 16.6. The molecule has 408 valence electrons. The Hall–Kier alpha value is -1.40. The summed E-state index contributed by atoms with van der Waals surface area (Å²) in [5.74, 6) is -1.40. The Labute approximate surface area is 430 Å². The molecule has 1 rings (SSSR count). The van der Waals surface area contributed by atoms with Gasteiger partial charge in [0.25, 0.3) is 0 Å². The molecule has 1 fully saturated rings. The number of esters is 2. The molecule has 0 aromatic heterocycles. The van der Waals surface area contributed by atoms with E-state index < -0.39 is 36.5 Å². The highest BCUT2D eigenvalue weighted by Crippen LogP contribution is 2.25. The molecular formula is C63H120O6. The minimum Gasteiger partial charge on any atom is -0.465 e. The number of carbonyl (C=O) groups excluding carboxylic acids is 2. The van der Waals surface area contributed by atoms with E-state index in [2.05, 4.69) is 19.1 Å². The van der Waals surface area contributed by atoms with E-state index in [0.29, 0.717) is 6.42 Å². The van der Waals surface area contributed by atoms with Crippen LogP contribution in [0.5, 0.6) is 0 Å². The summed E-state index contributed by atoms with van der Waals surface area (Å²) in [6, 6.07) is 0. The maximum Gasteiger partial charge on any atom is 0.309 e. The van der Waals surface area contributed by atoms with Crippen LogP contribution in [-0.4, -0.2) is 48.6 Å². The van der Waals surface area contributed by atoms with Gasteiger partial charge in [0.1, 0.15) is 13.2 Å². The number of rotatable bonds is 54. The Morgan fingerprint density at radius 3 is 0.899 bits per heavy atom. The zero-order chi connectivity index (χ0) is 49.7. The highest BCUT2D eigenvalue weighted by Gasteiger charge is 2.36. The fourth-order valence-electron chi connectivity index (χ4n) is 10.4. The first-order valence-electron chi connectivity index (χ1n) is 31.3. The molecule has 1 heterocycles. The largest absolute Gasteiger partial charge is 0.465 e. The van der Waals surface area contributed by atoms with E-state index in [4.69, 9.17) is 9.47 Å². The summed E-state index contributed by atoms with van der Waals surface area (Å²) >= 11 is 0. The Morgan fingerprint density at radius 2 is 0.623 bits per heavy atom. The van der Waals surface area contributed by atoms with Crippen molar-refractivity contribution >= 4 is 11.9 Å². The zero-order valence-electron chi connectivity index (χ0n) is 46.4. The molecular weight excluding hydrogens is 853 g/mol. The van der Waals surface area contributed by atoms with Gasteiger partial charge < -0.3 is 19.7 Å². The Bertz CT molecular complexity index is 1090. The van der Waals surface area contributed by atoms with Gasteiger partial charge in [0.2, 0.25) is 0 Å². The average Bonchev–Trinajstić information content (AvgIpc) is 3.41. The number of unbranched alkanes of at least 4 members (excludes halogenated alkanes) is 48. The molecule has 0 saturated carbocycles. The van der Waals surface area contributed by atoms with Crippen molar-refractivity contribution in [2.45, 2.75) is 341 Å². The number of allylic oxidation sites excluding steroid dienone is 2. The molecule has 0 aromatic carbocycles. The first kappa shape index (κ1) is 65.6. The second kappa shape index (κ2) is 52.9. The monoisotopic (exact) mass is 973 g/mol. The third-order valence-corrected chi connectivity index (χ3v) is 15.5. The van der Waals surface area contributed by atoms with Crippen molar-refractivity contribution in [1.82, 2.24) is 0 Å². The fourth-order valence-corrected chi connectivity index (χ4v) is 10.4. The van der Waals surface area contributed by atoms with E-state index in [0.717, 1.165) is 19.3 Å². The number of hydrogen-bond acceptors (Lipinski definition) is 6. The van der Waals surface area contributed by atoms with Gasteiger partial charge in [-0.1, -0.05) is 314 Å². The second-order valence-electron chi connectivity index (χ2n) is 22.4. The maximum atomic E-state index is 12.5. The van der Waals surface area contributed by atoms with Crippen molar-refractivity contribution < 1.29 is 29.3 Å². The Kier molecular flexibility index (Phi) is 50.3. The number of aliphatic hydroxyl groups excluding tert-OH is 2. The molecule has 0 spiro atoms. The van der Waals surface area contributed by atoms with Gasteiger partial charge in [0.15, 0.2) is 0 Å². The zero-order valence-corrected chi connectivity index (χ0v) is 46.4. The van der Waals surface area contributed by atoms with Crippen molar-refractivity contribution in [2.75, 3.05) is 26.4 Å². The third kappa shape index (κ3) is 45.0. The molecule has 69 heavy (non-hydrogen) atoms.